The number of aromatic hydroxyl groups is 3. The summed E-state index contributed by atoms with van der Waals surface area (Å²) in [5.74, 6) is 0.109. The lowest BCUT2D eigenvalue weighted by molar-refractivity contribution is 0.0205. The van der Waals surface area contributed by atoms with Gasteiger partial charge in [-0.3, -0.25) is 0 Å². The van der Waals surface area contributed by atoms with Crippen LogP contribution in [0.4, 0.5) is 0 Å². The van der Waals surface area contributed by atoms with Gasteiger partial charge in [0.2, 0.25) is 0 Å². The molecule has 0 bridgehead atoms. The molecule has 0 saturated heterocycles. The van der Waals surface area contributed by atoms with Crippen molar-refractivity contribution in [1.82, 2.24) is 0 Å². The van der Waals surface area contributed by atoms with Crippen LogP contribution in [0.15, 0.2) is 36.4 Å². The van der Waals surface area contributed by atoms with Crippen LogP contribution in [-0.4, -0.2) is 26.5 Å². The van der Waals surface area contributed by atoms with Crippen molar-refractivity contribution >= 4 is 0 Å². The summed E-state index contributed by atoms with van der Waals surface area (Å²) in [4.78, 5) is 0. The fraction of sp³-hybridized carbons (Fsp3) is 0.200. The molecule has 0 radical (unpaired) electrons. The number of benzene rings is 2. The van der Waals surface area contributed by atoms with Crippen molar-refractivity contribution in [1.29, 1.82) is 0 Å². The molecule has 1 aliphatic heterocycles. The fourth-order valence-corrected chi connectivity index (χ4v) is 2.38. The number of phenolic OH excluding ortho intramolecular Hbond substituents is 3. The molecule has 3 rings (SSSR count). The third kappa shape index (κ3) is 2.12. The van der Waals surface area contributed by atoms with Crippen LogP contribution in [0.3, 0.4) is 0 Å². The molecule has 5 heteroatoms. The molecule has 4 N–H and O–H groups in total. The molecule has 104 valence electrons. The molecule has 0 spiro atoms. The molecule has 2 aromatic rings. The van der Waals surface area contributed by atoms with E-state index in [9.17, 15) is 20.4 Å². The van der Waals surface area contributed by atoms with Crippen molar-refractivity contribution in [2.45, 2.75) is 18.6 Å². The van der Waals surface area contributed by atoms with Gasteiger partial charge in [0.15, 0.2) is 11.5 Å². The van der Waals surface area contributed by atoms with Crippen LogP contribution in [0, 0.1) is 0 Å². The Hall–Kier alpha value is -2.40. The molecule has 0 aromatic heterocycles. The number of hydrogen-bond donors (Lipinski definition) is 4. The van der Waals surface area contributed by atoms with Crippen molar-refractivity contribution in [3.63, 3.8) is 0 Å². The van der Waals surface area contributed by atoms with Gasteiger partial charge in [0.1, 0.15) is 17.6 Å². The van der Waals surface area contributed by atoms with Gasteiger partial charge in [-0.25, -0.2) is 0 Å². The van der Waals surface area contributed by atoms with E-state index >= 15 is 0 Å². The van der Waals surface area contributed by atoms with Crippen LogP contribution in [0.25, 0.3) is 0 Å². The maximum Gasteiger partial charge on any atom is 0.157 e. The highest BCUT2D eigenvalue weighted by molar-refractivity contribution is 5.45. The lowest BCUT2D eigenvalue weighted by Crippen LogP contribution is -2.30. The maximum absolute atomic E-state index is 10.2. The minimum absolute atomic E-state index is 0.0902. The quantitative estimate of drug-likeness (QED) is 0.596. The number of hydrogen-bond acceptors (Lipinski definition) is 5. The van der Waals surface area contributed by atoms with Gasteiger partial charge < -0.3 is 25.2 Å². The predicted molar refractivity (Wildman–Crippen MR) is 71.0 cm³/mol. The molecule has 0 fully saturated rings. The second-order valence-electron chi connectivity index (χ2n) is 4.85. The standard InChI is InChI=1S/C15H14O5/c16-10-3-1-8-5-13(19)15(20-14(8)7-10)9-2-4-11(17)12(18)6-9/h1-4,6-7,13,15-19H,5H2/t13-,15+/m1/s1. The molecule has 0 amide bonds. The Bertz CT molecular complexity index is 653. The largest absolute Gasteiger partial charge is 0.508 e. The summed E-state index contributed by atoms with van der Waals surface area (Å²) >= 11 is 0. The van der Waals surface area contributed by atoms with Gasteiger partial charge >= 0.3 is 0 Å². The van der Waals surface area contributed by atoms with E-state index in [2.05, 4.69) is 0 Å². The monoisotopic (exact) mass is 274 g/mol. The van der Waals surface area contributed by atoms with Gasteiger partial charge in [-0.2, -0.15) is 0 Å². The van der Waals surface area contributed by atoms with Crippen molar-refractivity contribution in [2.75, 3.05) is 0 Å². The van der Waals surface area contributed by atoms with E-state index in [0.717, 1.165) is 5.56 Å². The van der Waals surface area contributed by atoms with Gasteiger partial charge in [-0.15, -0.1) is 0 Å². The smallest absolute Gasteiger partial charge is 0.157 e. The summed E-state index contributed by atoms with van der Waals surface area (Å²) in [5, 5.41) is 38.5. The molecule has 1 aliphatic rings. The Morgan fingerprint density at radius 1 is 0.950 bits per heavy atom. The highest BCUT2D eigenvalue weighted by atomic mass is 16.5. The summed E-state index contributed by atoms with van der Waals surface area (Å²) in [6.45, 7) is 0. The second-order valence-corrected chi connectivity index (χ2v) is 4.85. The molecule has 5 nitrogen and oxygen atoms in total. The first-order valence-electron chi connectivity index (χ1n) is 6.23. The first-order valence-corrected chi connectivity index (χ1v) is 6.23. The zero-order valence-corrected chi connectivity index (χ0v) is 10.5. The van der Waals surface area contributed by atoms with E-state index in [1.54, 1.807) is 18.2 Å². The number of fused-ring (bicyclic) bond motifs is 1. The third-order valence-electron chi connectivity index (χ3n) is 3.41. The summed E-state index contributed by atoms with van der Waals surface area (Å²) in [6, 6.07) is 9.03. The van der Waals surface area contributed by atoms with E-state index in [-0.39, 0.29) is 17.2 Å². The first-order chi connectivity index (χ1) is 9.54. The first kappa shape index (κ1) is 12.6. The van der Waals surface area contributed by atoms with E-state index in [1.165, 1.54) is 18.2 Å². The topological polar surface area (TPSA) is 90.2 Å². The Morgan fingerprint density at radius 2 is 1.75 bits per heavy atom. The lowest BCUT2D eigenvalue weighted by Gasteiger charge is -2.31. The number of rotatable bonds is 1. The lowest BCUT2D eigenvalue weighted by atomic mass is 9.94. The summed E-state index contributed by atoms with van der Waals surface area (Å²) in [5.41, 5.74) is 1.37. The average Bonchev–Trinajstić information content (AvgIpc) is 2.42. The molecule has 2 atom stereocenters. The molecule has 0 saturated carbocycles. The Balaban J connectivity index is 1.97. The van der Waals surface area contributed by atoms with Crippen molar-refractivity contribution < 1.29 is 25.2 Å². The van der Waals surface area contributed by atoms with Gasteiger partial charge in [0.05, 0.1) is 6.10 Å². The number of phenols is 3. The summed E-state index contributed by atoms with van der Waals surface area (Å²) in [7, 11) is 0. The van der Waals surface area contributed by atoms with Crippen LogP contribution in [0.1, 0.15) is 17.2 Å². The second kappa shape index (κ2) is 4.61. The molecule has 1 heterocycles. The van der Waals surface area contributed by atoms with E-state index in [4.69, 9.17) is 4.74 Å². The van der Waals surface area contributed by atoms with Crippen molar-refractivity contribution in [3.05, 3.63) is 47.5 Å². The average molecular weight is 274 g/mol. The van der Waals surface area contributed by atoms with E-state index < -0.39 is 12.2 Å². The highest BCUT2D eigenvalue weighted by Gasteiger charge is 2.30. The van der Waals surface area contributed by atoms with Crippen LogP contribution < -0.4 is 4.74 Å². The molecular formula is C15H14O5. The van der Waals surface area contributed by atoms with Gasteiger partial charge in [-0.05, 0) is 29.3 Å². The maximum atomic E-state index is 10.2. The molecule has 2 aromatic carbocycles. The van der Waals surface area contributed by atoms with Crippen LogP contribution in [0.2, 0.25) is 0 Å². The van der Waals surface area contributed by atoms with Gasteiger partial charge in [0.25, 0.3) is 0 Å². The van der Waals surface area contributed by atoms with Crippen molar-refractivity contribution in [3.8, 4) is 23.0 Å². The summed E-state index contributed by atoms with van der Waals surface area (Å²) < 4.78 is 5.70. The predicted octanol–water partition coefficient (Wildman–Crippen LogP) is 1.84. The SMILES string of the molecule is Oc1ccc2c(c1)O[C@@H](c1ccc(O)c(O)c1)[C@H](O)C2. The Morgan fingerprint density at radius 3 is 2.50 bits per heavy atom. The fourth-order valence-electron chi connectivity index (χ4n) is 2.38. The van der Waals surface area contributed by atoms with Crippen LogP contribution in [-0.2, 0) is 6.42 Å². The van der Waals surface area contributed by atoms with Gasteiger partial charge in [-0.1, -0.05) is 12.1 Å². The molecule has 0 aliphatic carbocycles. The molecular weight excluding hydrogens is 260 g/mol. The van der Waals surface area contributed by atoms with Crippen LogP contribution in [0.5, 0.6) is 23.0 Å². The van der Waals surface area contributed by atoms with E-state index in [1.807, 2.05) is 0 Å². The Kier molecular flexibility index (Phi) is 2.91. The van der Waals surface area contributed by atoms with Crippen LogP contribution >= 0.6 is 0 Å². The zero-order valence-electron chi connectivity index (χ0n) is 10.5. The number of aliphatic hydroxyl groups is 1. The molecule has 0 unspecified atom stereocenters. The Labute approximate surface area is 115 Å². The summed E-state index contributed by atoms with van der Waals surface area (Å²) in [6.07, 6.45) is -1.03. The van der Waals surface area contributed by atoms with Gasteiger partial charge in [0, 0.05) is 12.5 Å². The zero-order chi connectivity index (χ0) is 14.3. The number of aliphatic hydroxyl groups excluding tert-OH is 1. The molecule has 20 heavy (non-hydrogen) atoms. The highest BCUT2D eigenvalue weighted by Crippen LogP contribution is 2.38. The van der Waals surface area contributed by atoms with E-state index in [0.29, 0.717) is 17.7 Å². The number of ether oxygens (including phenoxy) is 1. The van der Waals surface area contributed by atoms with Crippen molar-refractivity contribution in [2.24, 2.45) is 0 Å². The normalized spacial score (nSPS) is 21.1. The minimum atomic E-state index is -0.768. The third-order valence-corrected chi connectivity index (χ3v) is 3.41. The minimum Gasteiger partial charge on any atom is -0.508 e.